The van der Waals surface area contributed by atoms with Crippen LogP contribution in [0.2, 0.25) is 0 Å². The van der Waals surface area contributed by atoms with Crippen LogP contribution in [-0.2, 0) is 6.42 Å². The summed E-state index contributed by atoms with van der Waals surface area (Å²) in [5, 5.41) is 5.38. The molecule has 1 unspecified atom stereocenters. The molecule has 0 aliphatic heterocycles. The summed E-state index contributed by atoms with van der Waals surface area (Å²) >= 11 is 8.43. The van der Waals surface area contributed by atoms with Crippen molar-refractivity contribution in [1.29, 1.82) is 0 Å². The Labute approximate surface area is 127 Å². The third-order valence-corrected chi connectivity index (χ3v) is 5.20. The third kappa shape index (κ3) is 3.20. The summed E-state index contributed by atoms with van der Waals surface area (Å²) in [4.78, 5) is 0. The van der Waals surface area contributed by atoms with Gasteiger partial charge in [-0.2, -0.15) is 0 Å². The third-order valence-electron chi connectivity index (χ3n) is 2.79. The predicted octanol–water partition coefficient (Wildman–Crippen LogP) is 4.92. The molecule has 1 nitrogen and oxygen atoms in total. The van der Waals surface area contributed by atoms with Crippen LogP contribution in [0.3, 0.4) is 0 Å². The maximum absolute atomic E-state index is 13.5. The quantitative estimate of drug-likeness (QED) is 0.778. The van der Waals surface area contributed by atoms with E-state index in [9.17, 15) is 4.39 Å². The van der Waals surface area contributed by atoms with E-state index in [1.54, 1.807) is 17.4 Å². The molecule has 1 heterocycles. The van der Waals surface area contributed by atoms with Gasteiger partial charge in [-0.15, -0.1) is 11.3 Å². The molecular formula is C13H12Br2FNS. The van der Waals surface area contributed by atoms with Crippen LogP contribution in [0.25, 0.3) is 0 Å². The van der Waals surface area contributed by atoms with Crippen molar-refractivity contribution in [2.75, 3.05) is 7.05 Å². The fourth-order valence-corrected chi connectivity index (χ4v) is 3.47. The Morgan fingerprint density at radius 3 is 2.78 bits per heavy atom. The van der Waals surface area contributed by atoms with E-state index in [1.165, 1.54) is 11.6 Å². The van der Waals surface area contributed by atoms with Crippen LogP contribution in [0, 0.1) is 5.82 Å². The average Bonchev–Trinajstić information content (AvgIpc) is 2.78. The highest BCUT2D eigenvalue weighted by Gasteiger charge is 2.14. The Balaban J connectivity index is 2.23. The predicted molar refractivity (Wildman–Crippen MR) is 81.6 cm³/mol. The van der Waals surface area contributed by atoms with Crippen molar-refractivity contribution in [2.45, 2.75) is 12.5 Å². The summed E-state index contributed by atoms with van der Waals surface area (Å²) in [6, 6.07) is 7.43. The van der Waals surface area contributed by atoms with Gasteiger partial charge in [0, 0.05) is 6.04 Å². The first-order valence-corrected chi connectivity index (χ1v) is 7.92. The van der Waals surface area contributed by atoms with Crippen molar-refractivity contribution in [3.05, 3.63) is 54.8 Å². The molecule has 2 aromatic rings. The van der Waals surface area contributed by atoms with Crippen molar-refractivity contribution < 1.29 is 4.39 Å². The zero-order valence-corrected chi connectivity index (χ0v) is 13.7. The van der Waals surface area contributed by atoms with Crippen LogP contribution in [0.1, 0.15) is 17.2 Å². The smallest absolute Gasteiger partial charge is 0.137 e. The van der Waals surface area contributed by atoms with Crippen LogP contribution < -0.4 is 5.32 Å². The number of nitrogens with one attached hydrogen (secondary N) is 1. The second-order valence-corrected chi connectivity index (χ2v) is 7.03. The molecule has 0 bridgehead atoms. The fourth-order valence-electron chi connectivity index (χ4n) is 1.82. The first-order chi connectivity index (χ1) is 8.61. The van der Waals surface area contributed by atoms with E-state index in [2.05, 4.69) is 48.6 Å². The Hall–Kier alpha value is -0.230. The topological polar surface area (TPSA) is 12.0 Å². The van der Waals surface area contributed by atoms with Gasteiger partial charge in [0.25, 0.3) is 0 Å². The molecule has 0 saturated carbocycles. The summed E-state index contributed by atoms with van der Waals surface area (Å²) in [6.07, 6.45) is 0.748. The van der Waals surface area contributed by atoms with Gasteiger partial charge < -0.3 is 5.32 Å². The number of thiophene rings is 1. The molecule has 0 saturated heterocycles. The molecule has 0 spiro atoms. The number of hydrogen-bond acceptors (Lipinski definition) is 2. The van der Waals surface area contributed by atoms with E-state index in [0.29, 0.717) is 4.47 Å². The molecule has 0 aliphatic carbocycles. The number of rotatable bonds is 4. The van der Waals surface area contributed by atoms with Crippen LogP contribution in [-0.4, -0.2) is 7.05 Å². The lowest BCUT2D eigenvalue weighted by Gasteiger charge is -2.16. The summed E-state index contributed by atoms with van der Waals surface area (Å²) in [5.41, 5.74) is 2.18. The minimum atomic E-state index is -0.214. The second-order valence-electron chi connectivity index (χ2n) is 3.94. The monoisotopic (exact) mass is 391 g/mol. The molecule has 5 heteroatoms. The van der Waals surface area contributed by atoms with Gasteiger partial charge in [-0.05, 0) is 74.0 Å². The lowest BCUT2D eigenvalue weighted by molar-refractivity contribution is 0.581. The molecule has 1 N–H and O–H groups in total. The van der Waals surface area contributed by atoms with Gasteiger partial charge in [-0.3, -0.25) is 0 Å². The molecule has 1 aromatic carbocycles. The van der Waals surface area contributed by atoms with Gasteiger partial charge in [-0.1, -0.05) is 12.1 Å². The largest absolute Gasteiger partial charge is 0.313 e. The number of hydrogen-bond donors (Lipinski definition) is 1. The lowest BCUT2D eigenvalue weighted by Crippen LogP contribution is -2.18. The summed E-state index contributed by atoms with van der Waals surface area (Å²) in [6.45, 7) is 0. The zero-order chi connectivity index (χ0) is 13.1. The SMILES string of the molecule is CNC(Cc1cccc(F)c1Br)c1csc(Br)c1. The van der Waals surface area contributed by atoms with Gasteiger partial charge >= 0.3 is 0 Å². The van der Waals surface area contributed by atoms with Gasteiger partial charge in [0.15, 0.2) is 0 Å². The number of benzene rings is 1. The molecular weight excluding hydrogens is 381 g/mol. The van der Waals surface area contributed by atoms with E-state index in [0.717, 1.165) is 15.8 Å². The maximum atomic E-state index is 13.5. The Morgan fingerprint density at radius 2 is 2.17 bits per heavy atom. The molecule has 96 valence electrons. The molecule has 0 aliphatic rings. The van der Waals surface area contributed by atoms with Crippen molar-refractivity contribution in [1.82, 2.24) is 5.32 Å². The van der Waals surface area contributed by atoms with E-state index in [1.807, 2.05) is 13.1 Å². The summed E-state index contributed by atoms with van der Waals surface area (Å²) in [5.74, 6) is -0.214. The van der Waals surface area contributed by atoms with E-state index in [-0.39, 0.29) is 11.9 Å². The first kappa shape index (κ1) is 14.2. The summed E-state index contributed by atoms with van der Waals surface area (Å²) < 4.78 is 15.1. The van der Waals surface area contributed by atoms with Crippen LogP contribution >= 0.6 is 43.2 Å². The standard InChI is InChI=1S/C13H12Br2FNS/c1-17-11(9-6-12(14)18-7-9)5-8-3-2-4-10(16)13(8)15/h2-4,6-7,11,17H,5H2,1H3. The normalized spacial score (nSPS) is 12.7. The molecule has 2 rings (SSSR count). The molecule has 1 atom stereocenters. The highest BCUT2D eigenvalue weighted by atomic mass is 79.9. The Morgan fingerprint density at radius 1 is 1.39 bits per heavy atom. The number of halogens is 3. The zero-order valence-electron chi connectivity index (χ0n) is 9.71. The Bertz CT molecular complexity index is 542. The van der Waals surface area contributed by atoms with Gasteiger partial charge in [0.05, 0.1) is 8.26 Å². The highest BCUT2D eigenvalue weighted by molar-refractivity contribution is 9.11. The van der Waals surface area contributed by atoms with Crippen molar-refractivity contribution in [2.24, 2.45) is 0 Å². The van der Waals surface area contributed by atoms with Crippen LogP contribution in [0.5, 0.6) is 0 Å². The molecule has 0 fully saturated rings. The fraction of sp³-hybridized carbons (Fsp3) is 0.231. The lowest BCUT2D eigenvalue weighted by atomic mass is 10.0. The molecule has 0 radical (unpaired) electrons. The minimum Gasteiger partial charge on any atom is -0.313 e. The molecule has 1 aromatic heterocycles. The van der Waals surface area contributed by atoms with E-state index >= 15 is 0 Å². The maximum Gasteiger partial charge on any atom is 0.137 e. The highest BCUT2D eigenvalue weighted by Crippen LogP contribution is 2.29. The first-order valence-electron chi connectivity index (χ1n) is 5.46. The van der Waals surface area contributed by atoms with Crippen molar-refractivity contribution >= 4 is 43.2 Å². The van der Waals surface area contributed by atoms with Crippen LogP contribution in [0.15, 0.2) is 37.9 Å². The molecule has 18 heavy (non-hydrogen) atoms. The van der Waals surface area contributed by atoms with Gasteiger partial charge in [0.2, 0.25) is 0 Å². The average molecular weight is 393 g/mol. The molecule has 0 amide bonds. The number of likely N-dealkylation sites (N-methyl/N-ethyl adjacent to an activating group) is 1. The second kappa shape index (κ2) is 6.28. The van der Waals surface area contributed by atoms with E-state index in [4.69, 9.17) is 0 Å². The Kier molecular flexibility index (Phi) is 4.95. The summed E-state index contributed by atoms with van der Waals surface area (Å²) in [7, 11) is 1.92. The van der Waals surface area contributed by atoms with Gasteiger partial charge in [-0.25, -0.2) is 4.39 Å². The van der Waals surface area contributed by atoms with Crippen molar-refractivity contribution in [3.8, 4) is 0 Å². The van der Waals surface area contributed by atoms with Gasteiger partial charge in [0.1, 0.15) is 5.82 Å². The minimum absolute atomic E-state index is 0.186. The van der Waals surface area contributed by atoms with Crippen LogP contribution in [0.4, 0.5) is 4.39 Å². The van der Waals surface area contributed by atoms with Crippen molar-refractivity contribution in [3.63, 3.8) is 0 Å². The van der Waals surface area contributed by atoms with E-state index < -0.39 is 0 Å².